The molecule has 1 aromatic heterocycles. The molecular formula is C9H9NO4S. The summed E-state index contributed by atoms with van der Waals surface area (Å²) in [7, 11) is 0. The largest absolute Gasteiger partial charge is 0.502 e. The van der Waals surface area contributed by atoms with Gasteiger partial charge in [-0.2, -0.15) is 0 Å². The molecule has 0 spiro atoms. The van der Waals surface area contributed by atoms with Gasteiger partial charge in [-0.05, 0) is 13.8 Å². The number of aromatic nitrogens is 1. The third kappa shape index (κ3) is 2.63. The van der Waals surface area contributed by atoms with E-state index in [1.54, 1.807) is 13.8 Å². The summed E-state index contributed by atoms with van der Waals surface area (Å²) in [6, 6.07) is 0. The van der Waals surface area contributed by atoms with Gasteiger partial charge in [-0.15, -0.1) is 11.3 Å². The van der Waals surface area contributed by atoms with Crippen molar-refractivity contribution in [1.82, 2.24) is 4.98 Å². The van der Waals surface area contributed by atoms with E-state index in [4.69, 9.17) is 10.2 Å². The number of aliphatic hydroxyl groups excluding tert-OH is 1. The van der Waals surface area contributed by atoms with E-state index in [-0.39, 0.29) is 0 Å². The maximum absolute atomic E-state index is 11.5. The number of aryl methyl sites for hydroxylation is 2. The van der Waals surface area contributed by atoms with Gasteiger partial charge >= 0.3 is 5.97 Å². The summed E-state index contributed by atoms with van der Waals surface area (Å²) in [6.45, 7) is 3.40. The Kier molecular flexibility index (Phi) is 3.21. The number of carboxylic acids is 1. The highest BCUT2D eigenvalue weighted by Gasteiger charge is 2.14. The van der Waals surface area contributed by atoms with Crippen LogP contribution in [0, 0.1) is 13.8 Å². The van der Waals surface area contributed by atoms with Crippen LogP contribution in [0.1, 0.15) is 20.4 Å². The van der Waals surface area contributed by atoms with Crippen LogP contribution in [-0.4, -0.2) is 26.9 Å². The van der Waals surface area contributed by atoms with Crippen LogP contribution in [0.5, 0.6) is 0 Å². The minimum absolute atomic E-state index is 0.348. The molecule has 1 aromatic rings. The van der Waals surface area contributed by atoms with E-state index in [0.717, 1.165) is 5.01 Å². The van der Waals surface area contributed by atoms with Crippen LogP contribution in [0.15, 0.2) is 11.8 Å². The number of carboxylic acid groups (broad SMARTS) is 1. The predicted molar refractivity (Wildman–Crippen MR) is 54.3 cm³/mol. The molecule has 0 fully saturated rings. The van der Waals surface area contributed by atoms with Gasteiger partial charge in [0.1, 0.15) is 0 Å². The highest BCUT2D eigenvalue weighted by atomic mass is 32.1. The molecule has 1 rings (SSSR count). The normalized spacial score (nSPS) is 11.5. The van der Waals surface area contributed by atoms with Crippen molar-refractivity contribution < 1.29 is 19.8 Å². The number of hydrogen-bond donors (Lipinski definition) is 2. The van der Waals surface area contributed by atoms with Crippen LogP contribution in [-0.2, 0) is 4.79 Å². The lowest BCUT2D eigenvalue weighted by Gasteiger charge is -1.92. The number of carbonyl (C=O) groups excluding carboxylic acids is 1. The lowest BCUT2D eigenvalue weighted by molar-refractivity contribution is -0.135. The maximum atomic E-state index is 11.5. The number of aliphatic carboxylic acids is 1. The molecule has 15 heavy (non-hydrogen) atoms. The Balaban J connectivity index is 3.01. The molecule has 6 heteroatoms. The Morgan fingerprint density at radius 1 is 1.33 bits per heavy atom. The number of aliphatic hydroxyl groups is 1. The molecular weight excluding hydrogens is 218 g/mol. The van der Waals surface area contributed by atoms with Gasteiger partial charge in [0.2, 0.25) is 11.5 Å². The molecule has 80 valence electrons. The van der Waals surface area contributed by atoms with Gasteiger partial charge in [-0.25, -0.2) is 9.78 Å². The van der Waals surface area contributed by atoms with E-state index in [9.17, 15) is 9.59 Å². The fourth-order valence-electron chi connectivity index (χ4n) is 1.01. The molecule has 0 aliphatic rings. The molecule has 0 bridgehead atoms. The molecule has 2 N–H and O–H groups in total. The van der Waals surface area contributed by atoms with Crippen molar-refractivity contribution in [2.75, 3.05) is 0 Å². The average molecular weight is 227 g/mol. The quantitative estimate of drug-likeness (QED) is 0.464. The number of carbonyl (C=O) groups is 2. The molecule has 0 amide bonds. The minimum atomic E-state index is -1.53. The lowest BCUT2D eigenvalue weighted by atomic mass is 10.2. The summed E-state index contributed by atoms with van der Waals surface area (Å²) in [5.41, 5.74) is 0.539. The van der Waals surface area contributed by atoms with E-state index in [1.807, 2.05) is 0 Å². The van der Waals surface area contributed by atoms with Crippen LogP contribution >= 0.6 is 11.3 Å². The SMILES string of the molecule is Cc1nc(C)c(C(=O)C=C(O)C(=O)O)s1. The van der Waals surface area contributed by atoms with Crippen molar-refractivity contribution in [1.29, 1.82) is 0 Å². The van der Waals surface area contributed by atoms with Gasteiger partial charge in [0, 0.05) is 6.08 Å². The van der Waals surface area contributed by atoms with Crippen LogP contribution in [0.4, 0.5) is 0 Å². The molecule has 5 nitrogen and oxygen atoms in total. The van der Waals surface area contributed by atoms with Gasteiger partial charge in [-0.1, -0.05) is 0 Å². The van der Waals surface area contributed by atoms with E-state index >= 15 is 0 Å². The zero-order valence-electron chi connectivity index (χ0n) is 8.14. The smallest absolute Gasteiger partial charge is 0.371 e. The van der Waals surface area contributed by atoms with E-state index < -0.39 is 17.5 Å². The van der Waals surface area contributed by atoms with Crippen molar-refractivity contribution >= 4 is 23.1 Å². The number of rotatable bonds is 3. The van der Waals surface area contributed by atoms with Crippen LogP contribution in [0.3, 0.4) is 0 Å². The lowest BCUT2D eigenvalue weighted by Crippen LogP contribution is -2.03. The number of thiazole rings is 1. The zero-order chi connectivity index (χ0) is 11.6. The molecule has 0 aromatic carbocycles. The standard InChI is InChI=1S/C9H9NO4S/c1-4-8(15-5(2)10-4)6(11)3-7(12)9(13)14/h3,12H,1-2H3,(H,13,14). The second kappa shape index (κ2) is 4.22. The van der Waals surface area contributed by atoms with Gasteiger partial charge in [0.15, 0.2) is 0 Å². The molecule has 0 aliphatic carbocycles. The molecule has 0 aliphatic heterocycles. The van der Waals surface area contributed by atoms with E-state index in [0.29, 0.717) is 16.6 Å². The van der Waals surface area contributed by atoms with Crippen molar-refractivity contribution in [2.45, 2.75) is 13.8 Å². The van der Waals surface area contributed by atoms with Gasteiger partial charge in [0.05, 0.1) is 15.6 Å². The second-order valence-corrected chi connectivity index (χ2v) is 4.05. The Morgan fingerprint density at radius 3 is 2.33 bits per heavy atom. The van der Waals surface area contributed by atoms with Gasteiger partial charge in [0.25, 0.3) is 0 Å². The van der Waals surface area contributed by atoms with Crippen molar-refractivity contribution in [2.24, 2.45) is 0 Å². The summed E-state index contributed by atoms with van der Waals surface area (Å²) in [5.74, 6) is -3.04. The van der Waals surface area contributed by atoms with Gasteiger partial charge in [-0.3, -0.25) is 4.79 Å². The number of allylic oxidation sites excluding steroid dienone is 1. The Labute approximate surface area is 89.7 Å². The van der Waals surface area contributed by atoms with Crippen LogP contribution in [0.25, 0.3) is 0 Å². The Bertz CT molecular complexity index is 447. The monoisotopic (exact) mass is 227 g/mol. The fourth-order valence-corrected chi connectivity index (χ4v) is 1.84. The van der Waals surface area contributed by atoms with Gasteiger partial charge < -0.3 is 10.2 Å². The summed E-state index contributed by atoms with van der Waals surface area (Å²) in [5, 5.41) is 18.0. The first-order valence-corrected chi connectivity index (χ1v) is 4.85. The van der Waals surface area contributed by atoms with E-state index in [1.165, 1.54) is 11.3 Å². The Hall–Kier alpha value is -1.69. The fraction of sp³-hybridized carbons (Fsp3) is 0.222. The summed E-state index contributed by atoms with van der Waals surface area (Å²) < 4.78 is 0. The van der Waals surface area contributed by atoms with E-state index in [2.05, 4.69) is 4.98 Å². The predicted octanol–water partition coefficient (Wildman–Crippen LogP) is 1.47. The Morgan fingerprint density at radius 2 is 1.93 bits per heavy atom. The molecule has 0 unspecified atom stereocenters. The zero-order valence-corrected chi connectivity index (χ0v) is 8.96. The van der Waals surface area contributed by atoms with Crippen molar-refractivity contribution in [3.63, 3.8) is 0 Å². The first kappa shape index (κ1) is 11.4. The highest BCUT2D eigenvalue weighted by molar-refractivity contribution is 7.13. The summed E-state index contributed by atoms with van der Waals surface area (Å²) in [6.07, 6.45) is 0.683. The number of hydrogen-bond acceptors (Lipinski definition) is 5. The molecule has 0 radical (unpaired) electrons. The van der Waals surface area contributed by atoms with Crippen molar-refractivity contribution in [3.8, 4) is 0 Å². The maximum Gasteiger partial charge on any atom is 0.371 e. The summed E-state index contributed by atoms with van der Waals surface area (Å²) in [4.78, 5) is 26.1. The first-order chi connectivity index (χ1) is 6.91. The third-order valence-electron chi connectivity index (χ3n) is 1.61. The molecule has 0 atom stereocenters. The number of nitrogens with zero attached hydrogens (tertiary/aromatic N) is 1. The minimum Gasteiger partial charge on any atom is -0.502 e. The molecule has 0 saturated carbocycles. The summed E-state index contributed by atoms with van der Waals surface area (Å²) >= 11 is 1.17. The number of ketones is 1. The second-order valence-electron chi connectivity index (χ2n) is 2.85. The first-order valence-electron chi connectivity index (χ1n) is 4.04. The van der Waals surface area contributed by atoms with Crippen LogP contribution < -0.4 is 0 Å². The topological polar surface area (TPSA) is 87.5 Å². The highest BCUT2D eigenvalue weighted by Crippen LogP contribution is 2.18. The third-order valence-corrected chi connectivity index (χ3v) is 2.70. The van der Waals surface area contributed by atoms with Crippen molar-refractivity contribution in [3.05, 3.63) is 27.4 Å². The average Bonchev–Trinajstić information content (AvgIpc) is 2.44. The molecule has 1 heterocycles. The molecule has 0 saturated heterocycles. The van der Waals surface area contributed by atoms with Crippen LogP contribution in [0.2, 0.25) is 0 Å².